The predicted molar refractivity (Wildman–Crippen MR) is 49.7 cm³/mol. The second kappa shape index (κ2) is 3.30. The van der Waals surface area contributed by atoms with Gasteiger partial charge in [-0.25, -0.2) is 8.78 Å². The van der Waals surface area contributed by atoms with Gasteiger partial charge in [-0.05, 0) is 12.1 Å². The van der Waals surface area contributed by atoms with E-state index in [4.69, 9.17) is 5.73 Å². The van der Waals surface area contributed by atoms with Crippen molar-refractivity contribution in [2.24, 2.45) is 0 Å². The smallest absolute Gasteiger partial charge is 0.165 e. The number of hydrogen-bond acceptors (Lipinski definition) is 4. The van der Waals surface area contributed by atoms with Crippen molar-refractivity contribution in [3.8, 4) is 11.3 Å². The van der Waals surface area contributed by atoms with E-state index >= 15 is 0 Å². The van der Waals surface area contributed by atoms with Crippen LogP contribution in [-0.4, -0.2) is 8.75 Å². The quantitative estimate of drug-likeness (QED) is 0.788. The van der Waals surface area contributed by atoms with Crippen LogP contribution in [0.5, 0.6) is 0 Å². The zero-order valence-electron chi connectivity index (χ0n) is 6.87. The Labute approximate surface area is 82.5 Å². The molecule has 0 atom stereocenters. The van der Waals surface area contributed by atoms with E-state index in [1.165, 1.54) is 0 Å². The summed E-state index contributed by atoms with van der Waals surface area (Å²) in [4.78, 5) is 0. The van der Waals surface area contributed by atoms with E-state index in [0.29, 0.717) is 11.3 Å². The number of nitrogens with two attached hydrogens (primary N) is 1. The lowest BCUT2D eigenvalue weighted by Gasteiger charge is -1.98. The normalized spacial score (nSPS) is 10.4. The number of aromatic nitrogens is 2. The Bertz CT molecular complexity index is 449. The fourth-order valence-corrected chi connectivity index (χ4v) is 1.58. The number of nitrogen functional groups attached to an aromatic ring is 1. The summed E-state index contributed by atoms with van der Waals surface area (Å²) < 4.78 is 33.2. The molecule has 0 bridgehead atoms. The summed E-state index contributed by atoms with van der Waals surface area (Å²) in [6, 6.07) is 3.12. The molecule has 3 nitrogen and oxygen atoms in total. The van der Waals surface area contributed by atoms with Crippen LogP contribution in [0.15, 0.2) is 18.2 Å². The van der Waals surface area contributed by atoms with Gasteiger partial charge in [0.15, 0.2) is 5.82 Å². The molecule has 1 aromatic heterocycles. The Morgan fingerprint density at radius 1 is 1.07 bits per heavy atom. The number of rotatable bonds is 1. The van der Waals surface area contributed by atoms with Crippen molar-refractivity contribution in [3.05, 3.63) is 29.8 Å². The van der Waals surface area contributed by atoms with E-state index < -0.39 is 11.6 Å². The lowest BCUT2D eigenvalue weighted by molar-refractivity contribution is 0.584. The summed E-state index contributed by atoms with van der Waals surface area (Å²) in [5.74, 6) is -1.14. The third-order valence-electron chi connectivity index (χ3n) is 1.65. The first-order valence-electron chi connectivity index (χ1n) is 3.71. The van der Waals surface area contributed by atoms with Gasteiger partial charge >= 0.3 is 0 Å². The number of anilines is 1. The Morgan fingerprint density at radius 3 is 2.21 bits per heavy atom. The first-order valence-corrected chi connectivity index (χ1v) is 4.44. The maximum atomic E-state index is 12.8. The van der Waals surface area contributed by atoms with Crippen LogP contribution in [-0.2, 0) is 0 Å². The van der Waals surface area contributed by atoms with Crippen LogP contribution in [0.25, 0.3) is 11.3 Å². The highest BCUT2D eigenvalue weighted by atomic mass is 32.1. The molecule has 0 aliphatic carbocycles. The lowest BCUT2D eigenvalue weighted by atomic mass is 10.1. The fraction of sp³-hybridized carbons (Fsp3) is 0. The van der Waals surface area contributed by atoms with Crippen molar-refractivity contribution in [1.29, 1.82) is 0 Å². The van der Waals surface area contributed by atoms with Gasteiger partial charge in [0.05, 0.1) is 11.7 Å². The molecule has 6 heteroatoms. The first-order chi connectivity index (χ1) is 6.66. The molecular weight excluding hydrogens is 208 g/mol. The van der Waals surface area contributed by atoms with Crippen molar-refractivity contribution in [2.75, 3.05) is 5.73 Å². The minimum absolute atomic E-state index is 0.181. The van der Waals surface area contributed by atoms with Crippen molar-refractivity contribution in [3.63, 3.8) is 0 Å². The highest BCUT2D eigenvalue weighted by Gasteiger charge is 2.09. The zero-order valence-corrected chi connectivity index (χ0v) is 7.68. The molecular formula is C8H5F2N3S. The monoisotopic (exact) mass is 213 g/mol. The molecule has 0 saturated carbocycles. The van der Waals surface area contributed by atoms with Gasteiger partial charge in [0.25, 0.3) is 0 Å². The predicted octanol–water partition coefficient (Wildman–Crippen LogP) is 2.07. The van der Waals surface area contributed by atoms with E-state index in [1.54, 1.807) is 0 Å². The van der Waals surface area contributed by atoms with Crippen molar-refractivity contribution in [2.45, 2.75) is 0 Å². The summed E-state index contributed by atoms with van der Waals surface area (Å²) in [5, 5.41) is 0. The van der Waals surface area contributed by atoms with E-state index in [-0.39, 0.29) is 5.82 Å². The minimum Gasteiger partial charge on any atom is -0.381 e. The maximum Gasteiger partial charge on any atom is 0.165 e. The molecule has 2 rings (SSSR count). The highest BCUT2D eigenvalue weighted by Crippen LogP contribution is 2.24. The molecule has 0 fully saturated rings. The third kappa shape index (κ3) is 1.56. The molecule has 14 heavy (non-hydrogen) atoms. The van der Waals surface area contributed by atoms with E-state index in [1.807, 2.05) is 0 Å². The van der Waals surface area contributed by atoms with Crippen molar-refractivity contribution < 1.29 is 8.78 Å². The van der Waals surface area contributed by atoms with Gasteiger partial charge in [-0.15, -0.1) is 0 Å². The third-order valence-corrected chi connectivity index (χ3v) is 2.19. The highest BCUT2D eigenvalue weighted by molar-refractivity contribution is 6.99. The SMILES string of the molecule is Nc1nsnc1-c1cc(F)cc(F)c1. The molecule has 0 radical (unpaired) electrons. The van der Waals surface area contributed by atoms with Crippen LogP contribution < -0.4 is 5.73 Å². The number of halogens is 2. The first kappa shape index (κ1) is 9.01. The van der Waals surface area contributed by atoms with E-state index in [2.05, 4.69) is 8.75 Å². The molecule has 2 N–H and O–H groups in total. The molecule has 1 heterocycles. The molecule has 1 aromatic carbocycles. The number of benzene rings is 1. The summed E-state index contributed by atoms with van der Waals surface area (Å²) in [6.07, 6.45) is 0. The molecule has 0 saturated heterocycles. The second-order valence-electron chi connectivity index (χ2n) is 2.66. The average molecular weight is 213 g/mol. The maximum absolute atomic E-state index is 12.8. The Morgan fingerprint density at radius 2 is 1.71 bits per heavy atom. The summed E-state index contributed by atoms with van der Waals surface area (Å²) in [5.41, 5.74) is 6.08. The average Bonchev–Trinajstić information content (AvgIpc) is 2.49. The van der Waals surface area contributed by atoms with Gasteiger partial charge in [0, 0.05) is 11.6 Å². The van der Waals surface area contributed by atoms with Crippen LogP contribution >= 0.6 is 11.7 Å². The van der Waals surface area contributed by atoms with Crippen LogP contribution in [0, 0.1) is 11.6 Å². The largest absolute Gasteiger partial charge is 0.381 e. The number of hydrogen-bond donors (Lipinski definition) is 1. The van der Waals surface area contributed by atoms with Gasteiger partial charge < -0.3 is 5.73 Å². The molecule has 0 spiro atoms. The van der Waals surface area contributed by atoms with Gasteiger partial charge in [-0.1, -0.05) is 0 Å². The standard InChI is InChI=1S/C8H5F2N3S/c9-5-1-4(2-6(10)3-5)7-8(11)13-14-12-7/h1-3H,(H2,11,13). The second-order valence-corrected chi connectivity index (χ2v) is 3.18. The summed E-state index contributed by atoms with van der Waals surface area (Å²) >= 11 is 0.903. The lowest BCUT2D eigenvalue weighted by Crippen LogP contribution is -1.90. The Balaban J connectivity index is 2.57. The van der Waals surface area contributed by atoms with Gasteiger partial charge in [-0.2, -0.15) is 8.75 Å². The molecule has 0 amide bonds. The molecule has 0 aliphatic rings. The van der Waals surface area contributed by atoms with Crippen LogP contribution in [0.4, 0.5) is 14.6 Å². The van der Waals surface area contributed by atoms with Crippen LogP contribution in [0.3, 0.4) is 0 Å². The van der Waals surface area contributed by atoms with Gasteiger partial charge in [-0.3, -0.25) is 0 Å². The van der Waals surface area contributed by atoms with Crippen molar-refractivity contribution >= 4 is 17.5 Å². The fourth-order valence-electron chi connectivity index (χ4n) is 1.09. The summed E-state index contributed by atoms with van der Waals surface area (Å²) in [6.45, 7) is 0. The van der Waals surface area contributed by atoms with Crippen LogP contribution in [0.2, 0.25) is 0 Å². The molecule has 0 unspecified atom stereocenters. The molecule has 72 valence electrons. The number of nitrogens with zero attached hydrogens (tertiary/aromatic N) is 2. The van der Waals surface area contributed by atoms with E-state index in [0.717, 1.165) is 29.9 Å². The topological polar surface area (TPSA) is 51.8 Å². The molecule has 0 aliphatic heterocycles. The Hall–Kier alpha value is -1.56. The van der Waals surface area contributed by atoms with E-state index in [9.17, 15) is 8.78 Å². The zero-order chi connectivity index (χ0) is 10.1. The van der Waals surface area contributed by atoms with Crippen LogP contribution in [0.1, 0.15) is 0 Å². The van der Waals surface area contributed by atoms with Gasteiger partial charge in [0.2, 0.25) is 0 Å². The van der Waals surface area contributed by atoms with Crippen molar-refractivity contribution in [1.82, 2.24) is 8.75 Å². The summed E-state index contributed by atoms with van der Waals surface area (Å²) in [7, 11) is 0. The Kier molecular flexibility index (Phi) is 2.12. The minimum atomic E-state index is -0.660. The molecule has 2 aromatic rings. The van der Waals surface area contributed by atoms with Gasteiger partial charge in [0.1, 0.15) is 17.3 Å².